The largest absolute Gasteiger partial charge is 0.393 e. The predicted octanol–water partition coefficient (Wildman–Crippen LogP) is 0.422. The first-order valence-electron chi connectivity index (χ1n) is 7.04. The number of nitrogens with one attached hydrogen (secondary N) is 1. The van der Waals surface area contributed by atoms with Gasteiger partial charge in [-0.05, 0) is 25.7 Å². The van der Waals surface area contributed by atoms with Gasteiger partial charge in [-0.3, -0.25) is 9.69 Å². The molecule has 1 saturated carbocycles. The Morgan fingerprint density at radius 1 is 1.32 bits per heavy atom. The number of ether oxygens (including phenoxy) is 1. The first kappa shape index (κ1) is 14.7. The predicted molar refractivity (Wildman–Crippen MR) is 78.0 cm³/mol. The molecule has 1 heterocycles. The van der Waals surface area contributed by atoms with E-state index in [1.54, 1.807) is 0 Å². The highest BCUT2D eigenvalue weighted by Crippen LogP contribution is 2.26. The number of thiocarbonyl (C=S) groups is 1. The lowest BCUT2D eigenvalue weighted by Gasteiger charge is -2.26. The second-order valence-electron chi connectivity index (χ2n) is 5.37. The molecule has 2 aliphatic rings. The van der Waals surface area contributed by atoms with Gasteiger partial charge in [-0.1, -0.05) is 12.2 Å². The van der Waals surface area contributed by atoms with Gasteiger partial charge in [0.25, 0.3) is 0 Å². The Morgan fingerprint density at radius 3 is 2.58 bits per heavy atom. The van der Waals surface area contributed by atoms with Gasteiger partial charge in [0.2, 0.25) is 5.91 Å². The molecule has 3 N–H and O–H groups in total. The van der Waals surface area contributed by atoms with Crippen LogP contribution >= 0.6 is 12.2 Å². The molecule has 6 heteroatoms. The fourth-order valence-corrected chi connectivity index (χ4v) is 2.48. The molecule has 1 aliphatic heterocycles. The summed E-state index contributed by atoms with van der Waals surface area (Å²) in [6.45, 7) is 2.75. The highest BCUT2D eigenvalue weighted by Gasteiger charge is 2.30. The van der Waals surface area contributed by atoms with Crippen molar-refractivity contribution in [1.29, 1.82) is 0 Å². The fourth-order valence-electron chi connectivity index (χ4n) is 2.38. The van der Waals surface area contributed by atoms with Crippen LogP contribution in [-0.2, 0) is 9.53 Å². The number of carbonyl (C=O) groups is 1. The third kappa shape index (κ3) is 5.42. The average Bonchev–Trinajstić information content (AvgIpc) is 3.19. The maximum absolute atomic E-state index is 12.0. The third-order valence-corrected chi connectivity index (χ3v) is 3.85. The van der Waals surface area contributed by atoms with Crippen molar-refractivity contribution in [2.45, 2.75) is 44.2 Å². The van der Waals surface area contributed by atoms with Crippen LogP contribution in [0.25, 0.3) is 0 Å². The minimum absolute atomic E-state index is 0.113. The Bertz CT molecular complexity index is 328. The number of hydrogen-bond acceptors (Lipinski definition) is 4. The zero-order valence-corrected chi connectivity index (χ0v) is 12.1. The molecule has 2 rings (SSSR count). The fraction of sp³-hybridized carbons (Fsp3) is 0.846. The molecule has 5 nitrogen and oxygen atoms in total. The first-order chi connectivity index (χ1) is 9.15. The normalized spacial score (nSPS) is 20.5. The molecule has 0 aromatic rings. The van der Waals surface area contributed by atoms with Crippen LogP contribution in [0.5, 0.6) is 0 Å². The number of hydrogen-bond donors (Lipinski definition) is 2. The molecule has 0 radical (unpaired) electrons. The number of amides is 1. The summed E-state index contributed by atoms with van der Waals surface area (Å²) in [6.07, 6.45) is 4.89. The topological polar surface area (TPSA) is 67.6 Å². The second-order valence-corrected chi connectivity index (χ2v) is 5.90. The summed E-state index contributed by atoms with van der Waals surface area (Å²) in [5.74, 6) is 0.113. The van der Waals surface area contributed by atoms with E-state index in [1.807, 2.05) is 0 Å². The number of nitrogens with two attached hydrogens (primary N) is 1. The minimum Gasteiger partial charge on any atom is -0.393 e. The molecule has 0 unspecified atom stereocenters. The van der Waals surface area contributed by atoms with Gasteiger partial charge in [0.1, 0.15) is 0 Å². The van der Waals surface area contributed by atoms with Crippen molar-refractivity contribution in [2.24, 2.45) is 5.73 Å². The highest BCUT2D eigenvalue weighted by molar-refractivity contribution is 7.80. The lowest BCUT2D eigenvalue weighted by atomic mass is 10.1. The van der Waals surface area contributed by atoms with Crippen molar-refractivity contribution in [3.05, 3.63) is 0 Å². The highest BCUT2D eigenvalue weighted by atomic mass is 32.1. The van der Waals surface area contributed by atoms with E-state index in [9.17, 15) is 4.79 Å². The lowest BCUT2D eigenvalue weighted by Crippen LogP contribution is -2.45. The monoisotopic (exact) mass is 285 g/mol. The quantitative estimate of drug-likeness (QED) is 0.664. The van der Waals surface area contributed by atoms with Crippen molar-refractivity contribution in [3.63, 3.8) is 0 Å². The second kappa shape index (κ2) is 7.17. The first-order valence-corrected chi connectivity index (χ1v) is 7.45. The summed E-state index contributed by atoms with van der Waals surface area (Å²) in [5.41, 5.74) is 5.53. The zero-order valence-electron chi connectivity index (χ0n) is 11.3. The molecule has 1 saturated heterocycles. The zero-order chi connectivity index (χ0) is 13.7. The van der Waals surface area contributed by atoms with Crippen LogP contribution in [0.2, 0.25) is 0 Å². The van der Waals surface area contributed by atoms with Crippen LogP contribution in [0.15, 0.2) is 0 Å². The van der Waals surface area contributed by atoms with E-state index < -0.39 is 0 Å². The summed E-state index contributed by atoms with van der Waals surface area (Å²) in [4.78, 5) is 14.8. The van der Waals surface area contributed by atoms with Crippen LogP contribution in [0.3, 0.4) is 0 Å². The summed E-state index contributed by atoms with van der Waals surface area (Å²) < 4.78 is 5.29. The van der Waals surface area contributed by atoms with Crippen molar-refractivity contribution in [1.82, 2.24) is 10.2 Å². The van der Waals surface area contributed by atoms with Gasteiger partial charge in [-0.15, -0.1) is 0 Å². The van der Waals surface area contributed by atoms with E-state index in [0.29, 0.717) is 24.0 Å². The molecule has 0 atom stereocenters. The molecule has 1 aliphatic carbocycles. The van der Waals surface area contributed by atoms with E-state index in [1.165, 1.54) is 12.8 Å². The van der Waals surface area contributed by atoms with Crippen molar-refractivity contribution in [2.75, 3.05) is 26.3 Å². The number of rotatable bonds is 7. The van der Waals surface area contributed by atoms with E-state index in [2.05, 4.69) is 10.2 Å². The molecule has 0 aromatic heterocycles. The third-order valence-electron chi connectivity index (χ3n) is 3.64. The molecule has 2 fully saturated rings. The van der Waals surface area contributed by atoms with Crippen molar-refractivity contribution in [3.8, 4) is 0 Å². The molecule has 0 aromatic carbocycles. The summed E-state index contributed by atoms with van der Waals surface area (Å²) in [6, 6.07) is 0.827. The van der Waals surface area contributed by atoms with Gasteiger partial charge in [-0.2, -0.15) is 0 Å². The van der Waals surface area contributed by atoms with Gasteiger partial charge in [0.15, 0.2) is 0 Å². The van der Waals surface area contributed by atoms with Crippen LogP contribution in [0, 0.1) is 0 Å². The minimum atomic E-state index is 0.113. The average molecular weight is 285 g/mol. The van der Waals surface area contributed by atoms with Crippen molar-refractivity contribution >= 4 is 23.1 Å². The molecule has 1 amide bonds. The van der Waals surface area contributed by atoms with Crippen LogP contribution in [-0.4, -0.2) is 54.2 Å². The summed E-state index contributed by atoms with van der Waals surface area (Å²) in [7, 11) is 0. The Morgan fingerprint density at radius 2 is 2.00 bits per heavy atom. The van der Waals surface area contributed by atoms with Crippen LogP contribution in [0.4, 0.5) is 0 Å². The molecule has 0 bridgehead atoms. The van der Waals surface area contributed by atoms with Crippen LogP contribution < -0.4 is 11.1 Å². The van der Waals surface area contributed by atoms with Crippen LogP contribution in [0.1, 0.15) is 32.1 Å². The van der Waals surface area contributed by atoms with Gasteiger partial charge in [-0.25, -0.2) is 0 Å². The maximum Gasteiger partial charge on any atom is 0.234 e. The smallest absolute Gasteiger partial charge is 0.234 e. The Hall–Kier alpha value is -0.720. The molecular formula is C13H23N3O2S. The molecule has 108 valence electrons. The van der Waals surface area contributed by atoms with E-state index in [0.717, 1.165) is 32.6 Å². The van der Waals surface area contributed by atoms with Gasteiger partial charge in [0, 0.05) is 38.3 Å². The molecule has 19 heavy (non-hydrogen) atoms. The number of nitrogens with zero attached hydrogens (tertiary/aromatic N) is 1. The summed E-state index contributed by atoms with van der Waals surface area (Å²) in [5, 5.41) is 3.09. The van der Waals surface area contributed by atoms with Gasteiger partial charge >= 0.3 is 0 Å². The van der Waals surface area contributed by atoms with Gasteiger partial charge in [0.05, 0.1) is 11.5 Å². The Balaban J connectivity index is 1.72. The SMILES string of the molecule is NC(=S)CCN(CC(=O)NC1CCOCC1)C1CC1. The molecular weight excluding hydrogens is 262 g/mol. The summed E-state index contributed by atoms with van der Waals surface area (Å²) >= 11 is 4.90. The van der Waals surface area contributed by atoms with E-state index >= 15 is 0 Å². The van der Waals surface area contributed by atoms with Crippen molar-refractivity contribution < 1.29 is 9.53 Å². The van der Waals surface area contributed by atoms with Gasteiger partial charge < -0.3 is 15.8 Å². The lowest BCUT2D eigenvalue weighted by molar-refractivity contribution is -0.123. The van der Waals surface area contributed by atoms with E-state index in [4.69, 9.17) is 22.7 Å². The molecule has 0 spiro atoms. The Labute approximate surface area is 119 Å². The Kier molecular flexibility index (Phi) is 5.54. The van der Waals surface area contributed by atoms with E-state index in [-0.39, 0.29) is 11.9 Å². The standard InChI is InChI=1S/C13H23N3O2S/c14-12(19)3-6-16(11-1-2-11)9-13(17)15-10-4-7-18-8-5-10/h10-11H,1-9H2,(H2,14,19)(H,15,17). The maximum atomic E-state index is 12.0. The number of carbonyl (C=O) groups excluding carboxylic acids is 1.